The van der Waals surface area contributed by atoms with Gasteiger partial charge < -0.3 is 14.9 Å². The van der Waals surface area contributed by atoms with E-state index in [1.165, 1.54) is 0 Å². The molecule has 3 aromatic rings. The third-order valence-corrected chi connectivity index (χ3v) is 8.76. The van der Waals surface area contributed by atoms with Crippen LogP contribution in [0.1, 0.15) is 17.0 Å². The van der Waals surface area contributed by atoms with Crippen LogP contribution >= 0.6 is 0 Å². The fourth-order valence-corrected chi connectivity index (χ4v) is 6.75. The maximum Gasteiger partial charge on any atom is 0.490 e. The highest BCUT2D eigenvalue weighted by Gasteiger charge is 2.50. The molecular formula is C27H24F6N2O7S. The van der Waals surface area contributed by atoms with Gasteiger partial charge in [0.2, 0.25) is 0 Å². The van der Waals surface area contributed by atoms with Gasteiger partial charge in [0, 0.05) is 37.9 Å². The number of benzene rings is 2. The number of sulfone groups is 1. The lowest BCUT2D eigenvalue weighted by molar-refractivity contribution is -0.193. The smallest absolute Gasteiger partial charge is 0.490 e. The number of carboxylic acids is 2. The predicted octanol–water partition coefficient (Wildman–Crippen LogP) is 4.78. The van der Waals surface area contributed by atoms with E-state index in [4.69, 9.17) is 24.5 Å². The minimum Gasteiger partial charge on any atom is -0.497 e. The summed E-state index contributed by atoms with van der Waals surface area (Å²) < 4.78 is 95.0. The number of halogens is 6. The van der Waals surface area contributed by atoms with Gasteiger partial charge in [-0.1, -0.05) is 24.3 Å². The average molecular weight is 635 g/mol. The lowest BCUT2D eigenvalue weighted by Crippen LogP contribution is -2.25. The molecule has 9 nitrogen and oxygen atoms in total. The van der Waals surface area contributed by atoms with Gasteiger partial charge >= 0.3 is 24.3 Å². The maximum atomic E-state index is 13.1. The zero-order chi connectivity index (χ0) is 32.2. The highest BCUT2D eigenvalue weighted by Crippen LogP contribution is 2.46. The van der Waals surface area contributed by atoms with Gasteiger partial charge in [0.25, 0.3) is 0 Å². The van der Waals surface area contributed by atoms with Crippen molar-refractivity contribution in [1.29, 1.82) is 0 Å². The van der Waals surface area contributed by atoms with Crippen LogP contribution in [0.5, 0.6) is 5.75 Å². The molecule has 0 amide bonds. The summed E-state index contributed by atoms with van der Waals surface area (Å²) in [5.74, 6) is -4.67. The van der Waals surface area contributed by atoms with Gasteiger partial charge in [0.15, 0.2) is 9.84 Å². The molecule has 2 aliphatic rings. The first-order chi connectivity index (χ1) is 19.9. The first-order valence-electron chi connectivity index (χ1n) is 12.2. The molecule has 1 saturated heterocycles. The van der Waals surface area contributed by atoms with Crippen molar-refractivity contribution in [2.45, 2.75) is 35.0 Å². The third-order valence-electron chi connectivity index (χ3n) is 6.50. The molecule has 3 heterocycles. The maximum absolute atomic E-state index is 13.1. The second kappa shape index (κ2) is 13.0. The minimum absolute atomic E-state index is 0.0184. The zero-order valence-corrected chi connectivity index (χ0v) is 22.9. The molecule has 2 unspecified atom stereocenters. The third kappa shape index (κ3) is 8.22. The average Bonchev–Trinajstić information content (AvgIpc) is 3.45. The Balaban J connectivity index is 0.000000303. The van der Waals surface area contributed by atoms with Gasteiger partial charge in [-0.25, -0.2) is 18.0 Å². The summed E-state index contributed by atoms with van der Waals surface area (Å²) in [6, 6.07) is 17.6. The van der Waals surface area contributed by atoms with Gasteiger partial charge in [-0.3, -0.25) is 9.88 Å². The van der Waals surface area contributed by atoms with E-state index in [0.29, 0.717) is 11.4 Å². The molecule has 2 aliphatic heterocycles. The molecule has 0 spiro atoms. The summed E-state index contributed by atoms with van der Waals surface area (Å²) in [7, 11) is -1.64. The van der Waals surface area contributed by atoms with Crippen molar-refractivity contribution in [3.05, 3.63) is 78.1 Å². The molecule has 1 aromatic heterocycles. The molecule has 16 heteroatoms. The first-order valence-corrected chi connectivity index (χ1v) is 13.7. The van der Waals surface area contributed by atoms with Crippen LogP contribution in [0.3, 0.4) is 0 Å². The molecule has 2 atom stereocenters. The summed E-state index contributed by atoms with van der Waals surface area (Å²) in [5, 5.41) is 13.9. The lowest BCUT2D eigenvalue weighted by Gasteiger charge is -2.18. The minimum atomic E-state index is -5.08. The van der Waals surface area contributed by atoms with E-state index in [1.54, 1.807) is 19.4 Å². The van der Waals surface area contributed by atoms with Crippen molar-refractivity contribution < 1.29 is 59.3 Å². The number of rotatable bonds is 4. The molecule has 0 bridgehead atoms. The Morgan fingerprint density at radius 1 is 0.930 bits per heavy atom. The topological polar surface area (TPSA) is 134 Å². The second-order valence-corrected chi connectivity index (χ2v) is 11.5. The van der Waals surface area contributed by atoms with E-state index in [2.05, 4.69) is 9.88 Å². The number of hydrogen-bond donors (Lipinski definition) is 2. The van der Waals surface area contributed by atoms with Crippen molar-refractivity contribution >= 4 is 21.8 Å². The van der Waals surface area contributed by atoms with E-state index in [9.17, 15) is 34.8 Å². The van der Waals surface area contributed by atoms with E-state index < -0.39 is 34.1 Å². The number of aromatic nitrogens is 1. The van der Waals surface area contributed by atoms with E-state index in [1.807, 2.05) is 54.7 Å². The number of likely N-dealkylation sites (tertiary alicyclic amines) is 1. The Labute approximate surface area is 241 Å². The van der Waals surface area contributed by atoms with Gasteiger partial charge in [-0.05, 0) is 52.6 Å². The normalized spacial score (nSPS) is 18.7. The molecule has 5 rings (SSSR count). The summed E-state index contributed by atoms with van der Waals surface area (Å²) in [6.07, 6.45) is -6.61. The van der Waals surface area contributed by atoms with Crippen molar-refractivity contribution in [3.63, 3.8) is 0 Å². The number of carbonyl (C=O) groups is 2. The van der Waals surface area contributed by atoms with E-state index in [0.717, 1.165) is 41.1 Å². The molecule has 232 valence electrons. The second-order valence-electron chi connectivity index (χ2n) is 9.33. The summed E-state index contributed by atoms with van der Waals surface area (Å²) in [4.78, 5) is 24.7. The molecular weight excluding hydrogens is 610 g/mol. The molecule has 0 saturated carbocycles. The first kappa shape index (κ1) is 33.3. The lowest BCUT2D eigenvalue weighted by atomic mass is 9.95. The highest BCUT2D eigenvalue weighted by atomic mass is 32.2. The molecule has 43 heavy (non-hydrogen) atoms. The number of fused-ring (bicyclic) bond motifs is 3. The predicted molar refractivity (Wildman–Crippen MR) is 139 cm³/mol. The van der Waals surface area contributed by atoms with Crippen molar-refractivity contribution in [1.82, 2.24) is 9.88 Å². The van der Waals surface area contributed by atoms with Gasteiger partial charge in [0.05, 0.1) is 17.3 Å². The van der Waals surface area contributed by atoms with Crippen molar-refractivity contribution in [2.24, 2.45) is 0 Å². The largest absolute Gasteiger partial charge is 0.497 e. The number of carboxylic acid groups (broad SMARTS) is 2. The summed E-state index contributed by atoms with van der Waals surface area (Å²) >= 11 is 0. The number of hydrogen-bond acceptors (Lipinski definition) is 7. The van der Waals surface area contributed by atoms with Crippen LogP contribution in [0.2, 0.25) is 0 Å². The van der Waals surface area contributed by atoms with E-state index in [-0.39, 0.29) is 11.2 Å². The van der Waals surface area contributed by atoms with Crippen LogP contribution < -0.4 is 4.74 Å². The Morgan fingerprint density at radius 2 is 1.51 bits per heavy atom. The number of ether oxygens (including phenoxy) is 1. The van der Waals surface area contributed by atoms with E-state index >= 15 is 0 Å². The molecule has 2 N–H and O–H groups in total. The standard InChI is InChI=1S/C23H22N2O3S.2C2HF3O2/c1-28-19-7-4-16(5-8-19)13-25-14-21-20-11-17(18-3-2-10-24-12-18)6-9-22(20)29(26,27)23(21)15-25;2*3-2(4,5)1(6)7/h2-12,21,23H,13-15H2,1H3;2*(H,6,7). The van der Waals surface area contributed by atoms with Crippen molar-refractivity contribution in [3.8, 4) is 16.9 Å². The Bertz CT molecular complexity index is 1520. The van der Waals surface area contributed by atoms with Gasteiger partial charge in [0.1, 0.15) is 5.75 Å². The number of nitrogens with zero attached hydrogens (tertiary/aromatic N) is 2. The van der Waals surface area contributed by atoms with Crippen LogP contribution in [-0.2, 0) is 26.0 Å². The van der Waals surface area contributed by atoms with Gasteiger partial charge in [-0.15, -0.1) is 0 Å². The fourth-order valence-electron chi connectivity index (χ4n) is 4.56. The Kier molecular flexibility index (Phi) is 10.1. The quantitative estimate of drug-likeness (QED) is 0.389. The molecule has 1 fully saturated rings. The summed E-state index contributed by atoms with van der Waals surface area (Å²) in [6.45, 7) is 2.06. The van der Waals surface area contributed by atoms with Crippen LogP contribution in [0.4, 0.5) is 26.3 Å². The van der Waals surface area contributed by atoms with Crippen molar-refractivity contribution in [2.75, 3.05) is 20.2 Å². The van der Waals surface area contributed by atoms with Gasteiger partial charge in [-0.2, -0.15) is 26.3 Å². The number of aliphatic carboxylic acids is 2. The molecule has 2 aromatic carbocycles. The Morgan fingerprint density at radius 3 is 2.00 bits per heavy atom. The SMILES string of the molecule is COc1ccc(CN2CC3c4cc(-c5cccnc5)ccc4S(=O)(=O)C3C2)cc1.O=C(O)C(F)(F)F.O=C(O)C(F)(F)F. The number of pyridine rings is 1. The van der Waals surface area contributed by atoms with Crippen LogP contribution in [0.25, 0.3) is 11.1 Å². The molecule has 0 aliphatic carbocycles. The molecule has 0 radical (unpaired) electrons. The zero-order valence-electron chi connectivity index (χ0n) is 22.1. The fraction of sp³-hybridized carbons (Fsp3) is 0.296. The highest BCUT2D eigenvalue weighted by molar-refractivity contribution is 7.92. The Hall–Kier alpha value is -4.18. The number of methoxy groups -OCH3 is 1. The number of alkyl halides is 6. The summed E-state index contributed by atoms with van der Waals surface area (Å²) in [5.41, 5.74) is 4.13. The monoisotopic (exact) mass is 634 g/mol. The van der Waals surface area contributed by atoms with Crippen LogP contribution in [0.15, 0.2) is 71.9 Å². The van der Waals surface area contributed by atoms with Crippen LogP contribution in [0, 0.1) is 0 Å². The van der Waals surface area contributed by atoms with Crippen LogP contribution in [-0.4, -0.2) is 78.3 Å².